The lowest BCUT2D eigenvalue weighted by Crippen LogP contribution is -2.02. The number of hydrogen-bond donors (Lipinski definition) is 0. The van der Waals surface area contributed by atoms with Gasteiger partial charge in [-0.2, -0.15) is 0 Å². The van der Waals surface area contributed by atoms with Crippen LogP contribution in [0.4, 0.5) is 0 Å². The van der Waals surface area contributed by atoms with Gasteiger partial charge in [0.1, 0.15) is 6.67 Å². The Morgan fingerprint density at radius 2 is 2.00 bits per heavy atom. The van der Waals surface area contributed by atoms with Crippen LogP contribution in [0.2, 0.25) is 0 Å². The molecule has 3 rings (SSSR count). The normalized spacial score (nSPS) is 13.5. The Morgan fingerprint density at radius 1 is 1.18 bits per heavy atom. The minimum Gasteiger partial charge on any atom is -0.267 e. The summed E-state index contributed by atoms with van der Waals surface area (Å²) in [5, 5.41) is 0.832. The van der Waals surface area contributed by atoms with E-state index in [0.717, 1.165) is 17.6 Å². The van der Waals surface area contributed by atoms with E-state index in [0.29, 0.717) is 0 Å². The number of aromatic nitrogens is 2. The lowest BCUT2D eigenvalue weighted by atomic mass is 10.2. The first-order valence-electron chi connectivity index (χ1n) is 3.56. The second-order valence-electron chi connectivity index (χ2n) is 2.76. The van der Waals surface area contributed by atoms with Crippen molar-refractivity contribution >= 4 is 10.9 Å². The van der Waals surface area contributed by atoms with Crippen LogP contribution in [0.3, 0.4) is 0 Å². The van der Waals surface area contributed by atoms with Crippen molar-refractivity contribution in [2.24, 2.45) is 0 Å². The first-order valence-corrected chi connectivity index (χ1v) is 3.56. The molecular formula is C8H6N2O. The molecular weight excluding hydrogens is 140 g/mol. The van der Waals surface area contributed by atoms with Crippen molar-refractivity contribution in [1.29, 1.82) is 0 Å². The van der Waals surface area contributed by atoms with Crippen molar-refractivity contribution in [2.75, 3.05) is 0 Å². The average molecular weight is 146 g/mol. The summed E-state index contributed by atoms with van der Waals surface area (Å²) in [6.45, 7) is 0.774. The van der Waals surface area contributed by atoms with Crippen LogP contribution in [0, 0.1) is 0 Å². The van der Waals surface area contributed by atoms with Crippen molar-refractivity contribution in [3.63, 3.8) is 0 Å². The van der Waals surface area contributed by atoms with Crippen LogP contribution in [0.1, 0.15) is 0 Å². The lowest BCUT2D eigenvalue weighted by molar-refractivity contribution is 1.05. The first kappa shape index (κ1) is 5.18. The highest BCUT2D eigenvalue weighted by molar-refractivity contribution is 5.79. The first-order chi connectivity index (χ1) is 5.38. The van der Waals surface area contributed by atoms with Crippen LogP contribution in [-0.4, -0.2) is 9.36 Å². The van der Waals surface area contributed by atoms with E-state index in [1.54, 1.807) is 4.68 Å². The predicted molar refractivity (Wildman–Crippen MR) is 41.6 cm³/mol. The molecule has 0 N–H and O–H groups in total. The molecule has 0 unspecified atom stereocenters. The Labute approximate surface area is 62.5 Å². The van der Waals surface area contributed by atoms with E-state index in [4.69, 9.17) is 0 Å². The molecule has 0 fully saturated rings. The van der Waals surface area contributed by atoms with Gasteiger partial charge < -0.3 is 0 Å². The Balaban J connectivity index is 2.70. The fourth-order valence-corrected chi connectivity index (χ4v) is 1.50. The summed E-state index contributed by atoms with van der Waals surface area (Å²) < 4.78 is 3.70. The third-order valence-electron chi connectivity index (χ3n) is 2.12. The van der Waals surface area contributed by atoms with Gasteiger partial charge in [0.15, 0.2) is 0 Å². The Hall–Kier alpha value is -1.51. The summed E-state index contributed by atoms with van der Waals surface area (Å²) in [6.07, 6.45) is 0. The maximum absolute atomic E-state index is 11.3. The topological polar surface area (TPSA) is 26.9 Å². The molecule has 0 radical (unpaired) electrons. The second kappa shape index (κ2) is 1.39. The van der Waals surface area contributed by atoms with Gasteiger partial charge in [0.2, 0.25) is 0 Å². The van der Waals surface area contributed by atoms with E-state index in [2.05, 4.69) is 0 Å². The molecule has 0 aliphatic carbocycles. The molecule has 3 heteroatoms. The molecule has 2 aromatic rings. The smallest absolute Gasteiger partial charge is 0.267 e. The molecule has 1 aromatic carbocycles. The van der Waals surface area contributed by atoms with E-state index in [1.165, 1.54) is 0 Å². The number of fused-ring (bicyclic) bond motifs is 3. The highest BCUT2D eigenvalue weighted by atomic mass is 16.1. The molecule has 1 aromatic heterocycles. The van der Waals surface area contributed by atoms with E-state index in [-0.39, 0.29) is 5.56 Å². The van der Waals surface area contributed by atoms with Crippen molar-refractivity contribution in [3.05, 3.63) is 34.6 Å². The molecule has 1 aliphatic rings. The van der Waals surface area contributed by atoms with Gasteiger partial charge in [0, 0.05) is 0 Å². The van der Waals surface area contributed by atoms with Crippen LogP contribution in [0.5, 0.6) is 0 Å². The van der Waals surface area contributed by atoms with Gasteiger partial charge >= 0.3 is 0 Å². The quantitative estimate of drug-likeness (QED) is 0.456. The fraction of sp³-hybridized carbons (Fsp3) is 0.125. The molecule has 0 saturated carbocycles. The largest absolute Gasteiger partial charge is 0.276 e. The summed E-state index contributed by atoms with van der Waals surface area (Å²) in [5.41, 5.74) is 1.19. The lowest BCUT2D eigenvalue weighted by Gasteiger charge is -1.85. The summed E-state index contributed by atoms with van der Waals surface area (Å²) in [4.78, 5) is 11.3. The molecule has 0 spiro atoms. The van der Waals surface area contributed by atoms with Gasteiger partial charge in [-0.15, -0.1) is 0 Å². The minimum atomic E-state index is 0.139. The third kappa shape index (κ3) is 0.473. The predicted octanol–water partition coefficient (Wildman–Crippen LogP) is 0.622. The molecule has 0 saturated heterocycles. The Kier molecular flexibility index (Phi) is 0.656. The van der Waals surface area contributed by atoms with Gasteiger partial charge in [-0.3, -0.25) is 9.48 Å². The molecule has 11 heavy (non-hydrogen) atoms. The van der Waals surface area contributed by atoms with E-state index in [9.17, 15) is 4.79 Å². The van der Waals surface area contributed by atoms with Gasteiger partial charge in [-0.25, -0.2) is 4.68 Å². The highest BCUT2D eigenvalue weighted by Crippen LogP contribution is 2.17. The zero-order chi connectivity index (χ0) is 7.42. The van der Waals surface area contributed by atoms with Crippen LogP contribution >= 0.6 is 0 Å². The van der Waals surface area contributed by atoms with Crippen LogP contribution in [-0.2, 0) is 6.67 Å². The van der Waals surface area contributed by atoms with Gasteiger partial charge in [0.05, 0.1) is 10.9 Å². The average Bonchev–Trinajstić information content (AvgIpc) is 2.78. The summed E-state index contributed by atoms with van der Waals surface area (Å²) in [5.74, 6) is 0. The molecule has 0 amide bonds. The van der Waals surface area contributed by atoms with E-state index >= 15 is 0 Å². The number of hydrogen-bond acceptors (Lipinski definition) is 1. The molecule has 2 heterocycles. The summed E-state index contributed by atoms with van der Waals surface area (Å²) in [6, 6.07) is 7.68. The monoisotopic (exact) mass is 146 g/mol. The minimum absolute atomic E-state index is 0.139. The van der Waals surface area contributed by atoms with Crippen molar-refractivity contribution in [2.45, 2.75) is 6.67 Å². The Morgan fingerprint density at radius 3 is 2.82 bits per heavy atom. The van der Waals surface area contributed by atoms with Crippen LogP contribution in [0.25, 0.3) is 10.9 Å². The molecule has 3 nitrogen and oxygen atoms in total. The molecule has 1 aliphatic heterocycles. The summed E-state index contributed by atoms with van der Waals surface area (Å²) in [7, 11) is 0. The number of para-hydroxylation sites is 1. The number of nitrogens with zero attached hydrogens (tertiary/aromatic N) is 2. The van der Waals surface area contributed by atoms with Gasteiger partial charge in [-0.05, 0) is 12.1 Å². The van der Waals surface area contributed by atoms with Crippen molar-refractivity contribution in [3.8, 4) is 0 Å². The second-order valence-corrected chi connectivity index (χ2v) is 2.76. The highest BCUT2D eigenvalue weighted by Gasteiger charge is 2.21. The van der Waals surface area contributed by atoms with Crippen LogP contribution < -0.4 is 5.56 Å². The molecule has 54 valence electrons. The Bertz CT molecular complexity index is 492. The standard InChI is InChI=1S/C8H6N2O/c11-8-6-3-1-2-4-7(6)9-5-10(8)9/h1-4H,5H2. The zero-order valence-corrected chi connectivity index (χ0v) is 5.82. The number of benzene rings is 1. The van der Waals surface area contributed by atoms with Crippen LogP contribution in [0.15, 0.2) is 29.1 Å². The summed E-state index contributed by atoms with van der Waals surface area (Å²) >= 11 is 0. The molecule has 0 bridgehead atoms. The van der Waals surface area contributed by atoms with Gasteiger partial charge in [0.25, 0.3) is 5.56 Å². The maximum atomic E-state index is 11.3. The number of rotatable bonds is 0. The SMILES string of the molecule is O=c1c2ccccc2n2n1C2. The zero-order valence-electron chi connectivity index (χ0n) is 5.82. The van der Waals surface area contributed by atoms with Gasteiger partial charge in [-0.1, -0.05) is 12.1 Å². The fourth-order valence-electron chi connectivity index (χ4n) is 1.50. The third-order valence-corrected chi connectivity index (χ3v) is 2.12. The van der Waals surface area contributed by atoms with Crippen molar-refractivity contribution < 1.29 is 0 Å². The molecule has 0 atom stereocenters. The van der Waals surface area contributed by atoms with E-state index < -0.39 is 0 Å². The maximum Gasteiger partial charge on any atom is 0.276 e. The van der Waals surface area contributed by atoms with Crippen molar-refractivity contribution in [1.82, 2.24) is 9.36 Å². The van der Waals surface area contributed by atoms with E-state index in [1.807, 2.05) is 28.9 Å².